The van der Waals surface area contributed by atoms with Gasteiger partial charge in [0.05, 0.1) is 29.7 Å². The Morgan fingerprint density at radius 2 is 1.76 bits per heavy atom. The molecule has 0 radical (unpaired) electrons. The molecule has 2 heterocycles. The minimum absolute atomic E-state index is 0.0813. The zero-order valence-electron chi connectivity index (χ0n) is 23.8. The van der Waals surface area contributed by atoms with E-state index in [1.54, 1.807) is 31.2 Å². The van der Waals surface area contributed by atoms with Crippen LogP contribution in [0.2, 0.25) is 18.6 Å². The quantitative estimate of drug-likeness (QED) is 0.153. The molecule has 1 N–H and O–H groups in total. The van der Waals surface area contributed by atoms with E-state index in [1.165, 1.54) is 41.1 Å². The molecule has 11 heteroatoms. The molecule has 2 aliphatic rings. The molecule has 9 nitrogen and oxygen atoms in total. The number of non-ortho nitro benzene ring substituents is 1. The summed E-state index contributed by atoms with van der Waals surface area (Å²) < 4.78 is 22.8. The predicted molar refractivity (Wildman–Crippen MR) is 158 cm³/mol. The van der Waals surface area contributed by atoms with Crippen LogP contribution in [-0.4, -0.2) is 54.4 Å². The van der Waals surface area contributed by atoms with Crippen molar-refractivity contribution in [3.05, 3.63) is 100 Å². The van der Waals surface area contributed by atoms with Crippen molar-refractivity contribution in [1.82, 2.24) is 4.90 Å². The molecule has 5 rings (SSSR count). The SMILES string of the molecule is C[C@H]1[C@H]([Si](C)(C)F)[C@@H](CC(=O)N(CCO)Cc2ccccc2)O[C@]12C(=O)N(c1ccccc1)c1ccc([N+](=O)[O-])cc12. The number of rotatable bonds is 9. The average Bonchev–Trinajstić information content (AvgIpc) is 3.39. The number of halogens is 1. The molecule has 4 atom stereocenters. The summed E-state index contributed by atoms with van der Waals surface area (Å²) >= 11 is 0. The standard InChI is InChI=1S/C31H34FN3O6Si/c1-21-29(42(2,3)32)27(19-28(37)33(16-17-36)20-22-10-6-4-7-11-22)41-31(21)25-18-24(35(39)40)14-15-26(25)34(30(31)38)23-12-8-5-9-13-23/h4-15,18,21,27,29,36H,16-17,19-20H2,1-3H3/t21-,27+,29-,31+/m0/s1. The molecule has 2 aliphatic heterocycles. The zero-order valence-corrected chi connectivity index (χ0v) is 24.8. The van der Waals surface area contributed by atoms with E-state index in [4.69, 9.17) is 4.74 Å². The summed E-state index contributed by atoms with van der Waals surface area (Å²) in [5, 5.41) is 21.5. The number of amides is 2. The normalized spacial score (nSPS) is 23.3. The summed E-state index contributed by atoms with van der Waals surface area (Å²) in [5.74, 6) is -1.52. The van der Waals surface area contributed by atoms with E-state index >= 15 is 4.11 Å². The third-order valence-corrected chi connectivity index (χ3v) is 10.8. The van der Waals surface area contributed by atoms with Gasteiger partial charge in [0, 0.05) is 47.9 Å². The van der Waals surface area contributed by atoms with Crippen LogP contribution in [0.5, 0.6) is 0 Å². The Hall–Kier alpha value is -3.93. The van der Waals surface area contributed by atoms with Gasteiger partial charge in [-0.3, -0.25) is 24.6 Å². The number of hydrogen-bond donors (Lipinski definition) is 1. The lowest BCUT2D eigenvalue weighted by molar-refractivity contribution is -0.385. The first kappa shape index (κ1) is 29.6. The van der Waals surface area contributed by atoms with E-state index in [1.807, 2.05) is 36.4 Å². The maximum Gasteiger partial charge on any atom is 0.269 e. The van der Waals surface area contributed by atoms with Gasteiger partial charge in [0.15, 0.2) is 5.60 Å². The smallest absolute Gasteiger partial charge is 0.269 e. The molecular formula is C31H34FN3O6Si. The maximum absolute atomic E-state index is 16.2. The van der Waals surface area contributed by atoms with Crippen LogP contribution < -0.4 is 4.90 Å². The lowest BCUT2D eigenvalue weighted by atomic mass is 9.82. The summed E-state index contributed by atoms with van der Waals surface area (Å²) in [5.41, 5.74) is -0.539. The van der Waals surface area contributed by atoms with E-state index in [-0.39, 0.29) is 37.7 Å². The third kappa shape index (κ3) is 5.12. The van der Waals surface area contributed by atoms with Crippen LogP contribution in [-0.2, 0) is 26.5 Å². The van der Waals surface area contributed by atoms with Crippen molar-refractivity contribution in [3.8, 4) is 0 Å². The molecule has 220 valence electrons. The highest BCUT2D eigenvalue weighted by atomic mass is 28.4. The Balaban J connectivity index is 1.57. The number of nitrogens with zero attached hydrogens (tertiary/aromatic N) is 3. The molecule has 1 spiro atoms. The van der Waals surface area contributed by atoms with Gasteiger partial charge in [-0.2, -0.15) is 0 Å². The van der Waals surface area contributed by atoms with Crippen LogP contribution >= 0.6 is 0 Å². The number of ether oxygens (including phenoxy) is 1. The van der Waals surface area contributed by atoms with Crippen molar-refractivity contribution >= 4 is 37.3 Å². The minimum Gasteiger partial charge on any atom is -0.395 e. The fourth-order valence-corrected chi connectivity index (χ4v) is 9.12. The monoisotopic (exact) mass is 591 g/mol. The number of para-hydroxylation sites is 1. The third-order valence-electron chi connectivity index (χ3n) is 8.39. The van der Waals surface area contributed by atoms with Gasteiger partial charge in [-0.05, 0) is 36.9 Å². The summed E-state index contributed by atoms with van der Waals surface area (Å²) in [6.45, 7) is 4.90. The van der Waals surface area contributed by atoms with Crippen molar-refractivity contribution in [2.45, 2.75) is 50.2 Å². The van der Waals surface area contributed by atoms with Crippen LogP contribution in [0.15, 0.2) is 78.9 Å². The number of carbonyl (C=O) groups is 2. The Morgan fingerprint density at radius 3 is 2.36 bits per heavy atom. The van der Waals surface area contributed by atoms with E-state index in [2.05, 4.69) is 0 Å². The molecule has 0 unspecified atom stereocenters. The summed E-state index contributed by atoms with van der Waals surface area (Å²) in [7, 11) is -3.58. The lowest BCUT2D eigenvalue weighted by Gasteiger charge is -2.31. The van der Waals surface area contributed by atoms with Gasteiger partial charge in [0.25, 0.3) is 11.6 Å². The number of carbonyl (C=O) groups excluding carboxylic acids is 2. The molecule has 1 saturated heterocycles. The second-order valence-corrected chi connectivity index (χ2v) is 15.2. The highest BCUT2D eigenvalue weighted by Gasteiger charge is 2.67. The first-order valence-corrected chi connectivity index (χ1v) is 16.9. The minimum atomic E-state index is -3.58. The predicted octanol–water partition coefficient (Wildman–Crippen LogP) is 5.46. The van der Waals surface area contributed by atoms with Crippen molar-refractivity contribution in [2.75, 3.05) is 18.1 Å². The van der Waals surface area contributed by atoms with E-state index in [0.29, 0.717) is 16.9 Å². The lowest BCUT2D eigenvalue weighted by Crippen LogP contribution is -2.44. The fraction of sp³-hybridized carbons (Fsp3) is 0.355. The summed E-state index contributed by atoms with van der Waals surface area (Å²) in [6.07, 6.45) is -1.16. The molecule has 3 aromatic rings. The molecule has 42 heavy (non-hydrogen) atoms. The molecule has 0 aliphatic carbocycles. The number of nitro benzene ring substituents is 1. The zero-order chi connectivity index (χ0) is 30.2. The van der Waals surface area contributed by atoms with Gasteiger partial charge in [0.2, 0.25) is 14.3 Å². The molecule has 3 aromatic carbocycles. The van der Waals surface area contributed by atoms with Crippen LogP contribution in [0.1, 0.15) is 24.5 Å². The molecule has 2 amide bonds. The average molecular weight is 592 g/mol. The van der Waals surface area contributed by atoms with Crippen molar-refractivity contribution in [1.29, 1.82) is 0 Å². The molecule has 1 fully saturated rings. The van der Waals surface area contributed by atoms with Gasteiger partial charge in [0.1, 0.15) is 0 Å². The topological polar surface area (TPSA) is 113 Å². The van der Waals surface area contributed by atoms with Gasteiger partial charge in [-0.25, -0.2) is 0 Å². The highest BCUT2D eigenvalue weighted by molar-refractivity contribution is 6.72. The van der Waals surface area contributed by atoms with Crippen molar-refractivity contribution in [3.63, 3.8) is 0 Å². The maximum atomic E-state index is 16.2. The van der Waals surface area contributed by atoms with Crippen LogP contribution in [0.4, 0.5) is 21.2 Å². The number of hydrogen-bond acceptors (Lipinski definition) is 6. The Kier molecular flexibility index (Phi) is 8.01. The van der Waals surface area contributed by atoms with Gasteiger partial charge < -0.3 is 18.9 Å². The van der Waals surface area contributed by atoms with Gasteiger partial charge in [-0.15, -0.1) is 0 Å². The number of nitro groups is 1. The second kappa shape index (κ2) is 11.4. The van der Waals surface area contributed by atoms with Crippen LogP contribution in [0, 0.1) is 16.0 Å². The molecule has 0 aromatic heterocycles. The van der Waals surface area contributed by atoms with Gasteiger partial charge in [-0.1, -0.05) is 55.5 Å². The Morgan fingerprint density at radius 1 is 1.12 bits per heavy atom. The first-order valence-electron chi connectivity index (χ1n) is 14.0. The van der Waals surface area contributed by atoms with E-state index in [9.17, 15) is 24.8 Å². The largest absolute Gasteiger partial charge is 0.395 e. The fourth-order valence-electron chi connectivity index (χ4n) is 6.63. The van der Waals surface area contributed by atoms with E-state index in [0.717, 1.165) is 5.56 Å². The van der Waals surface area contributed by atoms with Crippen LogP contribution in [0.25, 0.3) is 0 Å². The van der Waals surface area contributed by atoms with Gasteiger partial charge >= 0.3 is 0 Å². The molecule has 0 saturated carbocycles. The molecular weight excluding hydrogens is 557 g/mol. The summed E-state index contributed by atoms with van der Waals surface area (Å²) in [6, 6.07) is 22.4. The number of anilines is 2. The Bertz CT molecular complexity index is 1480. The highest BCUT2D eigenvalue weighted by Crippen LogP contribution is 2.61. The molecule has 0 bridgehead atoms. The first-order chi connectivity index (χ1) is 20.0. The number of benzene rings is 3. The van der Waals surface area contributed by atoms with Crippen molar-refractivity contribution < 1.29 is 28.5 Å². The summed E-state index contributed by atoms with van der Waals surface area (Å²) in [4.78, 5) is 42.3. The number of aliphatic hydroxyl groups is 1. The van der Waals surface area contributed by atoms with E-state index < -0.39 is 42.4 Å². The number of fused-ring (bicyclic) bond motifs is 2. The number of aliphatic hydroxyl groups excluding tert-OH is 1. The second-order valence-electron chi connectivity index (χ2n) is 11.4. The Labute approximate surface area is 244 Å². The van der Waals surface area contributed by atoms with Crippen LogP contribution in [0.3, 0.4) is 0 Å². The van der Waals surface area contributed by atoms with Crippen molar-refractivity contribution in [2.24, 2.45) is 5.92 Å².